The largest absolute Gasteiger partial charge is 0.390 e. The molecule has 1 N–H and O–H groups in total. The maximum Gasteiger partial charge on any atom is 0.0946 e. The Hall–Kier alpha value is -0.870. The summed E-state index contributed by atoms with van der Waals surface area (Å²) >= 11 is 0. The fourth-order valence-electron chi connectivity index (χ4n) is 2.24. The summed E-state index contributed by atoms with van der Waals surface area (Å²) in [4.78, 5) is 6.33. The molecule has 1 aromatic heterocycles. The van der Waals surface area contributed by atoms with E-state index in [0.29, 0.717) is 6.54 Å². The lowest BCUT2D eigenvalue weighted by molar-refractivity contribution is 0.0801. The van der Waals surface area contributed by atoms with E-state index in [1.54, 1.807) is 12.5 Å². The number of piperidine rings is 1. The van der Waals surface area contributed by atoms with Gasteiger partial charge in [0.05, 0.1) is 19.0 Å². The minimum atomic E-state index is -0.289. The number of nitrogens with zero attached hydrogens (tertiary/aromatic N) is 3. The number of aromatic nitrogens is 2. The van der Waals surface area contributed by atoms with Gasteiger partial charge in [0.1, 0.15) is 0 Å². The SMILES string of the molecule is CC1CCN(CC(O)Cn2ccnc2)CC1. The van der Waals surface area contributed by atoms with E-state index in [2.05, 4.69) is 16.8 Å². The molecule has 0 bridgehead atoms. The molecule has 90 valence electrons. The average molecular weight is 223 g/mol. The first-order valence-electron chi connectivity index (χ1n) is 6.10. The van der Waals surface area contributed by atoms with Gasteiger partial charge in [-0.3, -0.25) is 0 Å². The Balaban J connectivity index is 1.72. The Morgan fingerprint density at radius 1 is 1.38 bits per heavy atom. The van der Waals surface area contributed by atoms with Gasteiger partial charge in [0, 0.05) is 18.9 Å². The van der Waals surface area contributed by atoms with Crippen molar-refractivity contribution in [3.8, 4) is 0 Å². The van der Waals surface area contributed by atoms with Crippen LogP contribution in [0.1, 0.15) is 19.8 Å². The van der Waals surface area contributed by atoms with Gasteiger partial charge in [-0.25, -0.2) is 4.98 Å². The van der Waals surface area contributed by atoms with Gasteiger partial charge in [-0.15, -0.1) is 0 Å². The van der Waals surface area contributed by atoms with Crippen molar-refractivity contribution in [3.05, 3.63) is 18.7 Å². The Morgan fingerprint density at radius 3 is 2.75 bits per heavy atom. The summed E-state index contributed by atoms with van der Waals surface area (Å²) in [7, 11) is 0. The number of aliphatic hydroxyl groups excluding tert-OH is 1. The molecule has 1 aromatic rings. The van der Waals surface area contributed by atoms with Gasteiger partial charge in [-0.05, 0) is 31.8 Å². The fourth-order valence-corrected chi connectivity index (χ4v) is 2.24. The smallest absolute Gasteiger partial charge is 0.0946 e. The molecular formula is C12H21N3O. The molecule has 1 aliphatic rings. The number of rotatable bonds is 4. The lowest BCUT2D eigenvalue weighted by atomic mass is 9.99. The van der Waals surface area contributed by atoms with Crippen molar-refractivity contribution in [1.82, 2.24) is 14.5 Å². The molecule has 0 saturated carbocycles. The Labute approximate surface area is 96.9 Å². The topological polar surface area (TPSA) is 41.3 Å². The molecule has 4 nitrogen and oxygen atoms in total. The zero-order valence-corrected chi connectivity index (χ0v) is 9.92. The van der Waals surface area contributed by atoms with Crippen LogP contribution in [0.4, 0.5) is 0 Å². The quantitative estimate of drug-likeness (QED) is 0.827. The standard InChI is InChI=1S/C12H21N3O/c1-11-2-5-14(6-3-11)8-12(16)9-15-7-4-13-10-15/h4,7,10-12,16H,2-3,5-6,8-9H2,1H3. The number of aliphatic hydroxyl groups is 1. The summed E-state index contributed by atoms with van der Waals surface area (Å²) in [5.41, 5.74) is 0. The minimum Gasteiger partial charge on any atom is -0.390 e. The fraction of sp³-hybridized carbons (Fsp3) is 0.750. The number of likely N-dealkylation sites (tertiary alicyclic amines) is 1. The maximum atomic E-state index is 9.95. The van der Waals surface area contributed by atoms with Crippen molar-refractivity contribution in [2.45, 2.75) is 32.4 Å². The van der Waals surface area contributed by atoms with Crippen LogP contribution in [0.15, 0.2) is 18.7 Å². The molecule has 0 amide bonds. The number of hydrogen-bond acceptors (Lipinski definition) is 3. The molecule has 1 aliphatic heterocycles. The van der Waals surface area contributed by atoms with Crippen molar-refractivity contribution in [3.63, 3.8) is 0 Å². The van der Waals surface area contributed by atoms with E-state index in [4.69, 9.17) is 0 Å². The van der Waals surface area contributed by atoms with Gasteiger partial charge in [0.25, 0.3) is 0 Å². The predicted octanol–water partition coefficient (Wildman–Crippen LogP) is 0.976. The third-order valence-electron chi connectivity index (χ3n) is 3.33. The number of imidazole rings is 1. The molecular weight excluding hydrogens is 202 g/mol. The van der Waals surface area contributed by atoms with Crippen LogP contribution < -0.4 is 0 Å². The van der Waals surface area contributed by atoms with Gasteiger partial charge in [-0.1, -0.05) is 6.92 Å². The summed E-state index contributed by atoms with van der Waals surface area (Å²) in [6.07, 6.45) is 7.62. The first kappa shape index (κ1) is 11.6. The highest BCUT2D eigenvalue weighted by molar-refractivity contribution is 4.77. The molecule has 1 fully saturated rings. The second-order valence-electron chi connectivity index (χ2n) is 4.90. The van der Waals surface area contributed by atoms with E-state index >= 15 is 0 Å². The first-order chi connectivity index (χ1) is 7.74. The summed E-state index contributed by atoms with van der Waals surface area (Å²) in [6.45, 7) is 5.99. The molecule has 1 atom stereocenters. The normalized spacial score (nSPS) is 21.1. The van der Waals surface area contributed by atoms with Crippen molar-refractivity contribution in [1.29, 1.82) is 0 Å². The van der Waals surface area contributed by atoms with Crippen LogP contribution in [0, 0.1) is 5.92 Å². The number of β-amino-alcohol motifs (C(OH)–C–C–N with tert-alkyl or cyclic N) is 1. The molecule has 0 spiro atoms. The third-order valence-corrected chi connectivity index (χ3v) is 3.33. The van der Waals surface area contributed by atoms with Crippen LogP contribution in [0.2, 0.25) is 0 Å². The van der Waals surface area contributed by atoms with Crippen LogP contribution in [-0.2, 0) is 6.54 Å². The van der Waals surface area contributed by atoms with Crippen molar-refractivity contribution in [2.24, 2.45) is 5.92 Å². The minimum absolute atomic E-state index is 0.289. The van der Waals surface area contributed by atoms with Gasteiger partial charge in [0.15, 0.2) is 0 Å². The van der Waals surface area contributed by atoms with Crippen LogP contribution in [0.5, 0.6) is 0 Å². The van der Waals surface area contributed by atoms with Gasteiger partial charge in [-0.2, -0.15) is 0 Å². The zero-order valence-electron chi connectivity index (χ0n) is 9.92. The van der Waals surface area contributed by atoms with E-state index in [-0.39, 0.29) is 6.10 Å². The van der Waals surface area contributed by atoms with Gasteiger partial charge in [0.2, 0.25) is 0 Å². The van der Waals surface area contributed by atoms with Crippen molar-refractivity contribution < 1.29 is 5.11 Å². The molecule has 2 heterocycles. The Bertz CT molecular complexity index is 291. The summed E-state index contributed by atoms with van der Waals surface area (Å²) < 4.78 is 1.93. The van der Waals surface area contributed by atoms with Crippen molar-refractivity contribution >= 4 is 0 Å². The lowest BCUT2D eigenvalue weighted by Crippen LogP contribution is -2.39. The van der Waals surface area contributed by atoms with E-state index in [1.807, 2.05) is 10.8 Å². The van der Waals surface area contributed by atoms with Crippen LogP contribution >= 0.6 is 0 Å². The Morgan fingerprint density at radius 2 is 2.12 bits per heavy atom. The second kappa shape index (κ2) is 5.46. The lowest BCUT2D eigenvalue weighted by Gasteiger charge is -2.31. The van der Waals surface area contributed by atoms with Crippen LogP contribution in [0.25, 0.3) is 0 Å². The molecule has 4 heteroatoms. The van der Waals surface area contributed by atoms with E-state index in [0.717, 1.165) is 25.6 Å². The van der Waals surface area contributed by atoms with E-state index in [1.165, 1.54) is 12.8 Å². The molecule has 0 aromatic carbocycles. The Kier molecular flexibility index (Phi) is 3.96. The summed E-state index contributed by atoms with van der Waals surface area (Å²) in [5.74, 6) is 0.849. The monoisotopic (exact) mass is 223 g/mol. The highest BCUT2D eigenvalue weighted by atomic mass is 16.3. The second-order valence-corrected chi connectivity index (χ2v) is 4.90. The van der Waals surface area contributed by atoms with Gasteiger partial charge >= 0.3 is 0 Å². The van der Waals surface area contributed by atoms with Crippen LogP contribution in [0.3, 0.4) is 0 Å². The molecule has 1 saturated heterocycles. The first-order valence-corrected chi connectivity index (χ1v) is 6.10. The van der Waals surface area contributed by atoms with Gasteiger partial charge < -0.3 is 14.6 Å². The molecule has 1 unspecified atom stereocenters. The van der Waals surface area contributed by atoms with Crippen molar-refractivity contribution in [2.75, 3.05) is 19.6 Å². The average Bonchev–Trinajstić information content (AvgIpc) is 2.74. The summed E-state index contributed by atoms with van der Waals surface area (Å²) in [5, 5.41) is 9.95. The number of hydrogen-bond donors (Lipinski definition) is 1. The molecule has 0 radical (unpaired) electrons. The zero-order chi connectivity index (χ0) is 11.4. The van der Waals surface area contributed by atoms with E-state index in [9.17, 15) is 5.11 Å². The molecule has 16 heavy (non-hydrogen) atoms. The maximum absolute atomic E-state index is 9.95. The molecule has 0 aliphatic carbocycles. The summed E-state index contributed by atoms with van der Waals surface area (Å²) in [6, 6.07) is 0. The highest BCUT2D eigenvalue weighted by Crippen LogP contribution is 2.16. The molecule has 2 rings (SSSR count). The predicted molar refractivity (Wildman–Crippen MR) is 63.1 cm³/mol. The van der Waals surface area contributed by atoms with E-state index < -0.39 is 0 Å². The highest BCUT2D eigenvalue weighted by Gasteiger charge is 2.18. The third kappa shape index (κ3) is 3.32. The van der Waals surface area contributed by atoms with Crippen LogP contribution in [-0.4, -0.2) is 45.3 Å².